The van der Waals surface area contributed by atoms with Crippen LogP contribution < -0.4 is 4.99 Å². The summed E-state index contributed by atoms with van der Waals surface area (Å²) in [6, 6.07) is -0.122. The number of rotatable bonds is 0. The largest absolute Gasteiger partial charge is 0.490 e. The molecule has 4 heteroatoms. The van der Waals surface area contributed by atoms with Crippen LogP contribution in [0.4, 0.5) is 4.79 Å². The molecule has 0 aliphatic carbocycles. The van der Waals surface area contributed by atoms with Crippen LogP contribution >= 0.6 is 0 Å². The van der Waals surface area contributed by atoms with E-state index in [9.17, 15) is 4.79 Å². The van der Waals surface area contributed by atoms with E-state index in [1.807, 2.05) is 0 Å². The van der Waals surface area contributed by atoms with Gasteiger partial charge in [-0.3, -0.25) is 0 Å². The Bertz CT molecular complexity index is 141. The normalized spacial score (nSPS) is 18.6. The molecule has 10 heavy (non-hydrogen) atoms. The van der Waals surface area contributed by atoms with Crippen LogP contribution in [0.15, 0.2) is 0 Å². The van der Waals surface area contributed by atoms with Crippen molar-refractivity contribution >= 4 is 12.7 Å². The summed E-state index contributed by atoms with van der Waals surface area (Å²) in [7, 11) is 0. The molecule has 56 valence electrons. The summed E-state index contributed by atoms with van der Waals surface area (Å²) in [4.78, 5) is 14.9. The Kier molecular flexibility index (Phi) is 2.39. The minimum atomic E-state index is -0.122. The van der Waals surface area contributed by atoms with Gasteiger partial charge in [0.2, 0.25) is 0 Å². The predicted octanol–water partition coefficient (Wildman–Crippen LogP) is -1.78. The minimum absolute atomic E-state index is 0.122. The topological polar surface area (TPSA) is 43.5 Å². The predicted molar refractivity (Wildman–Crippen MR) is 35.9 cm³/mol. The Hall–Kier alpha value is -0.900. The van der Waals surface area contributed by atoms with Gasteiger partial charge in [-0.05, 0) is 0 Å². The van der Waals surface area contributed by atoms with Gasteiger partial charge in [-0.25, -0.2) is 9.89 Å². The number of nitrogens with one attached hydrogen (secondary N) is 1. The number of hydrogen-bond donors (Lipinski definition) is 1. The summed E-state index contributed by atoms with van der Waals surface area (Å²) in [5.74, 6) is 0. The lowest BCUT2D eigenvalue weighted by Gasteiger charge is -2.17. The second kappa shape index (κ2) is 3.31. The zero-order chi connectivity index (χ0) is 7.40. The highest BCUT2D eigenvalue weighted by Gasteiger charge is 2.21. The highest BCUT2D eigenvalue weighted by Crippen LogP contribution is 1.93. The van der Waals surface area contributed by atoms with E-state index in [2.05, 4.69) is 11.7 Å². The Morgan fingerprint density at radius 3 is 2.60 bits per heavy atom. The van der Waals surface area contributed by atoms with Crippen LogP contribution in [0.3, 0.4) is 0 Å². The highest BCUT2D eigenvalue weighted by molar-refractivity contribution is 5.64. The first-order valence-electron chi connectivity index (χ1n) is 3.24. The lowest BCUT2D eigenvalue weighted by Crippen LogP contribution is -2.76. The van der Waals surface area contributed by atoms with Crippen molar-refractivity contribution in [2.45, 2.75) is 0 Å². The smallest absolute Gasteiger partial charge is 0.373 e. The fourth-order valence-corrected chi connectivity index (χ4v) is 0.878. The number of amides is 2. The third-order valence-corrected chi connectivity index (χ3v) is 1.45. The zero-order valence-electron chi connectivity index (χ0n) is 5.80. The maximum atomic E-state index is 10.9. The molecule has 0 atom stereocenters. The van der Waals surface area contributed by atoms with Crippen LogP contribution in [-0.4, -0.2) is 44.0 Å². The lowest BCUT2D eigenvalue weighted by molar-refractivity contribution is -0.346. The Balaban J connectivity index is 2.38. The molecule has 1 heterocycles. The van der Waals surface area contributed by atoms with Crippen LogP contribution in [-0.2, 0) is 4.74 Å². The van der Waals surface area contributed by atoms with Crippen molar-refractivity contribution in [3.8, 4) is 0 Å². The summed E-state index contributed by atoms with van der Waals surface area (Å²) in [6.07, 6.45) is 0. The fourth-order valence-electron chi connectivity index (χ4n) is 0.878. The third kappa shape index (κ3) is 1.54. The zero-order valence-corrected chi connectivity index (χ0v) is 5.80. The van der Waals surface area contributed by atoms with Crippen LogP contribution in [0.5, 0.6) is 0 Å². The molecule has 0 saturated carbocycles. The van der Waals surface area contributed by atoms with Crippen LogP contribution in [0.2, 0.25) is 0 Å². The van der Waals surface area contributed by atoms with Crippen LogP contribution in [0.25, 0.3) is 0 Å². The molecule has 0 bridgehead atoms. The van der Waals surface area contributed by atoms with Crippen molar-refractivity contribution in [3.05, 3.63) is 0 Å². The molecule has 0 unspecified atom stereocenters. The summed E-state index contributed by atoms with van der Waals surface area (Å²) in [6.45, 7) is 5.88. The molecule has 0 aromatic heterocycles. The molecule has 1 aliphatic heterocycles. The molecule has 0 aromatic carbocycles. The van der Waals surface area contributed by atoms with Gasteiger partial charge in [0.1, 0.15) is 13.1 Å². The van der Waals surface area contributed by atoms with E-state index in [0.29, 0.717) is 26.3 Å². The van der Waals surface area contributed by atoms with E-state index in [-0.39, 0.29) is 6.03 Å². The Morgan fingerprint density at radius 2 is 2.10 bits per heavy atom. The monoisotopic (exact) mass is 143 g/mol. The molecule has 1 rings (SSSR count). The molecule has 1 aliphatic rings. The highest BCUT2D eigenvalue weighted by atomic mass is 16.5. The third-order valence-electron chi connectivity index (χ3n) is 1.45. The average Bonchev–Trinajstić information content (AvgIpc) is 2.05. The number of carbonyl (C=O) groups excluding carboxylic acids is 1. The van der Waals surface area contributed by atoms with Crippen LogP contribution in [0.1, 0.15) is 0 Å². The van der Waals surface area contributed by atoms with E-state index in [1.54, 1.807) is 4.90 Å². The fraction of sp³-hybridized carbons (Fsp3) is 0.667. The number of ether oxygens (including phenoxy) is 1. The molecule has 0 radical (unpaired) electrons. The summed E-state index contributed by atoms with van der Waals surface area (Å²) in [5.41, 5.74) is 0. The molecule has 1 N–H and O–H groups in total. The number of hydrogen-bond acceptors (Lipinski definition) is 2. The Morgan fingerprint density at radius 1 is 1.50 bits per heavy atom. The molecule has 0 spiro atoms. The van der Waals surface area contributed by atoms with E-state index in [0.717, 1.165) is 0 Å². The molecular formula is C6H11N2O2+. The lowest BCUT2D eigenvalue weighted by atomic mass is 10.4. The first kappa shape index (κ1) is 7.21. The van der Waals surface area contributed by atoms with E-state index in [1.165, 1.54) is 0 Å². The van der Waals surface area contributed by atoms with E-state index in [4.69, 9.17) is 4.74 Å². The van der Waals surface area contributed by atoms with Gasteiger partial charge in [0.25, 0.3) is 0 Å². The van der Waals surface area contributed by atoms with Gasteiger partial charge in [-0.1, -0.05) is 0 Å². The molecule has 0 aromatic rings. The maximum Gasteiger partial charge on any atom is 0.490 e. The van der Waals surface area contributed by atoms with Gasteiger partial charge >= 0.3 is 6.03 Å². The number of urea groups is 1. The van der Waals surface area contributed by atoms with E-state index < -0.39 is 0 Å². The van der Waals surface area contributed by atoms with Crippen molar-refractivity contribution in [2.24, 2.45) is 0 Å². The summed E-state index contributed by atoms with van der Waals surface area (Å²) < 4.78 is 5.05. The van der Waals surface area contributed by atoms with Crippen molar-refractivity contribution in [1.29, 1.82) is 0 Å². The molecule has 4 nitrogen and oxygen atoms in total. The van der Waals surface area contributed by atoms with Crippen molar-refractivity contribution < 1.29 is 14.5 Å². The van der Waals surface area contributed by atoms with E-state index >= 15 is 0 Å². The molecular weight excluding hydrogens is 132 g/mol. The Labute approximate surface area is 59.5 Å². The standard InChI is InChI=1S/C6H10N2O2/c1-7-6(9)8-2-4-10-5-3-8/h1-5H2/p+1. The van der Waals surface area contributed by atoms with Gasteiger partial charge in [-0.15, -0.1) is 0 Å². The maximum absolute atomic E-state index is 10.9. The number of morpholine rings is 1. The summed E-state index contributed by atoms with van der Waals surface area (Å²) in [5, 5.41) is 0. The summed E-state index contributed by atoms with van der Waals surface area (Å²) >= 11 is 0. The molecule has 1 fully saturated rings. The van der Waals surface area contributed by atoms with Gasteiger partial charge in [0.05, 0.1) is 19.9 Å². The second-order valence-electron chi connectivity index (χ2n) is 2.08. The minimum Gasteiger partial charge on any atom is -0.373 e. The van der Waals surface area contributed by atoms with Gasteiger partial charge in [0.15, 0.2) is 0 Å². The molecule has 2 amide bonds. The average molecular weight is 143 g/mol. The molecule has 1 saturated heterocycles. The van der Waals surface area contributed by atoms with Crippen LogP contribution in [0, 0.1) is 0 Å². The first-order valence-corrected chi connectivity index (χ1v) is 3.24. The first-order chi connectivity index (χ1) is 4.84. The quantitative estimate of drug-likeness (QED) is 0.407. The van der Waals surface area contributed by atoms with Gasteiger partial charge in [-0.2, -0.15) is 4.79 Å². The van der Waals surface area contributed by atoms with Crippen molar-refractivity contribution in [1.82, 2.24) is 4.90 Å². The van der Waals surface area contributed by atoms with Gasteiger partial charge in [0, 0.05) is 0 Å². The SMILES string of the molecule is C=[NH+]C(=O)N1CCOCC1. The van der Waals surface area contributed by atoms with Crippen molar-refractivity contribution in [3.63, 3.8) is 0 Å². The van der Waals surface area contributed by atoms with Gasteiger partial charge < -0.3 is 4.74 Å². The number of nitrogens with zero attached hydrogens (tertiary/aromatic N) is 1. The second-order valence-corrected chi connectivity index (χ2v) is 2.08. The number of carbonyl (C=O) groups is 1. The van der Waals surface area contributed by atoms with Crippen molar-refractivity contribution in [2.75, 3.05) is 26.3 Å².